The third-order valence-corrected chi connectivity index (χ3v) is 5.26. The van der Waals surface area contributed by atoms with Gasteiger partial charge in [-0.15, -0.1) is 0 Å². The van der Waals surface area contributed by atoms with E-state index in [-0.39, 0.29) is 18.6 Å². The van der Waals surface area contributed by atoms with Crippen molar-refractivity contribution in [2.24, 2.45) is 0 Å². The number of nitrogens with one attached hydrogen (secondary N) is 1. The summed E-state index contributed by atoms with van der Waals surface area (Å²) in [6.45, 7) is 2.92. The van der Waals surface area contributed by atoms with E-state index in [0.717, 1.165) is 29.9 Å². The highest BCUT2D eigenvalue weighted by atomic mass is 16.3. The van der Waals surface area contributed by atoms with Gasteiger partial charge in [-0.05, 0) is 36.2 Å². The van der Waals surface area contributed by atoms with E-state index in [0.29, 0.717) is 25.1 Å². The van der Waals surface area contributed by atoms with Crippen molar-refractivity contribution in [1.29, 1.82) is 0 Å². The summed E-state index contributed by atoms with van der Waals surface area (Å²) in [7, 11) is 0. The zero-order valence-corrected chi connectivity index (χ0v) is 15.6. The monoisotopic (exact) mass is 380 g/mol. The molecule has 1 fully saturated rings. The summed E-state index contributed by atoms with van der Waals surface area (Å²) in [5, 5.41) is 16.4. The molecule has 7 nitrogen and oxygen atoms in total. The van der Waals surface area contributed by atoms with Crippen LogP contribution >= 0.6 is 0 Å². The fourth-order valence-electron chi connectivity index (χ4n) is 3.72. The van der Waals surface area contributed by atoms with Crippen LogP contribution in [-0.2, 0) is 6.54 Å². The van der Waals surface area contributed by atoms with E-state index < -0.39 is 0 Å². The third-order valence-electron chi connectivity index (χ3n) is 5.26. The van der Waals surface area contributed by atoms with Crippen LogP contribution in [0.5, 0.6) is 0 Å². The SMILES string of the molecule is O=C(c1ccc(-c2ccn[nH]2)cc1)N1CCN(Cc2ccoc2)[C@@H](CCO)C1. The molecule has 3 aromatic rings. The van der Waals surface area contributed by atoms with E-state index in [2.05, 4.69) is 15.1 Å². The van der Waals surface area contributed by atoms with E-state index in [1.807, 2.05) is 41.3 Å². The number of carbonyl (C=O) groups is 1. The number of amides is 1. The molecule has 0 radical (unpaired) electrons. The number of aliphatic hydroxyl groups excluding tert-OH is 1. The Morgan fingerprint density at radius 2 is 2.07 bits per heavy atom. The average Bonchev–Trinajstić information content (AvgIpc) is 3.43. The zero-order chi connectivity index (χ0) is 19.3. The normalized spacial score (nSPS) is 17.8. The number of piperazine rings is 1. The van der Waals surface area contributed by atoms with Gasteiger partial charge in [-0.25, -0.2) is 0 Å². The number of hydrogen-bond donors (Lipinski definition) is 2. The number of carbonyl (C=O) groups excluding carboxylic acids is 1. The van der Waals surface area contributed by atoms with Gasteiger partial charge in [-0.1, -0.05) is 12.1 Å². The molecule has 4 rings (SSSR count). The van der Waals surface area contributed by atoms with Crippen molar-refractivity contribution in [3.8, 4) is 11.3 Å². The van der Waals surface area contributed by atoms with E-state index in [1.54, 1.807) is 18.7 Å². The van der Waals surface area contributed by atoms with Crippen molar-refractivity contribution in [3.05, 3.63) is 66.2 Å². The van der Waals surface area contributed by atoms with E-state index >= 15 is 0 Å². The van der Waals surface area contributed by atoms with Crippen LogP contribution in [-0.4, -0.2) is 63.3 Å². The van der Waals surface area contributed by atoms with Gasteiger partial charge in [0, 0.05) is 56.2 Å². The lowest BCUT2D eigenvalue weighted by molar-refractivity contribution is 0.0394. The smallest absolute Gasteiger partial charge is 0.253 e. The predicted molar refractivity (Wildman–Crippen MR) is 105 cm³/mol. The Morgan fingerprint density at radius 3 is 2.75 bits per heavy atom. The standard InChI is InChI=1S/C21H24N4O3/c26-11-6-19-14-25(10-9-24(19)13-16-7-12-28-15-16)21(27)18-3-1-17(2-4-18)20-5-8-22-23-20/h1-5,7-8,12,15,19,26H,6,9-11,13-14H2,(H,22,23)/t19-/m0/s1. The number of aromatic amines is 1. The van der Waals surface area contributed by atoms with Gasteiger partial charge < -0.3 is 14.4 Å². The molecule has 2 N–H and O–H groups in total. The number of H-pyrrole nitrogens is 1. The van der Waals surface area contributed by atoms with Gasteiger partial charge in [0.25, 0.3) is 5.91 Å². The Bertz CT molecular complexity index is 875. The summed E-state index contributed by atoms with van der Waals surface area (Å²) in [4.78, 5) is 17.2. The second kappa shape index (κ2) is 8.41. The summed E-state index contributed by atoms with van der Waals surface area (Å²) < 4.78 is 5.16. The van der Waals surface area contributed by atoms with Crippen LogP contribution in [0.25, 0.3) is 11.3 Å². The minimum absolute atomic E-state index is 0.0297. The summed E-state index contributed by atoms with van der Waals surface area (Å²) in [6, 6.07) is 11.6. The van der Waals surface area contributed by atoms with Crippen molar-refractivity contribution < 1.29 is 14.3 Å². The first-order chi connectivity index (χ1) is 13.7. The summed E-state index contributed by atoms with van der Waals surface area (Å²) in [6.07, 6.45) is 5.76. The number of nitrogens with zero attached hydrogens (tertiary/aromatic N) is 3. The minimum atomic E-state index is 0.0297. The van der Waals surface area contributed by atoms with Gasteiger partial charge >= 0.3 is 0 Å². The topological polar surface area (TPSA) is 85.6 Å². The number of furan rings is 1. The van der Waals surface area contributed by atoms with Gasteiger partial charge in [0.15, 0.2) is 0 Å². The van der Waals surface area contributed by atoms with E-state index in [4.69, 9.17) is 4.42 Å². The van der Waals surface area contributed by atoms with Gasteiger partial charge in [-0.3, -0.25) is 14.8 Å². The number of hydrogen-bond acceptors (Lipinski definition) is 5. The van der Waals surface area contributed by atoms with Crippen molar-refractivity contribution in [2.75, 3.05) is 26.2 Å². The maximum Gasteiger partial charge on any atom is 0.253 e. The van der Waals surface area contributed by atoms with Gasteiger partial charge in [0.1, 0.15) is 0 Å². The van der Waals surface area contributed by atoms with Crippen LogP contribution in [0.4, 0.5) is 0 Å². The molecule has 0 aliphatic carbocycles. The molecule has 3 heterocycles. The van der Waals surface area contributed by atoms with E-state index in [1.165, 1.54) is 0 Å². The number of rotatable bonds is 6. The maximum atomic E-state index is 13.0. The zero-order valence-electron chi connectivity index (χ0n) is 15.6. The molecule has 1 aromatic carbocycles. The number of aromatic nitrogens is 2. The Hall–Kier alpha value is -2.90. The Kier molecular flexibility index (Phi) is 5.55. The molecule has 1 aliphatic heterocycles. The molecule has 0 unspecified atom stereocenters. The van der Waals surface area contributed by atoms with Crippen LogP contribution in [0.2, 0.25) is 0 Å². The highest BCUT2D eigenvalue weighted by Crippen LogP contribution is 2.21. The number of benzene rings is 1. The molecular weight excluding hydrogens is 356 g/mol. The molecule has 1 aliphatic rings. The maximum absolute atomic E-state index is 13.0. The molecule has 146 valence electrons. The molecular formula is C21H24N4O3. The fourth-order valence-corrected chi connectivity index (χ4v) is 3.72. The van der Waals surface area contributed by atoms with Crippen molar-refractivity contribution in [1.82, 2.24) is 20.0 Å². The molecule has 1 atom stereocenters. The quantitative estimate of drug-likeness (QED) is 0.686. The molecule has 0 saturated carbocycles. The largest absolute Gasteiger partial charge is 0.472 e. The molecule has 1 amide bonds. The highest BCUT2D eigenvalue weighted by molar-refractivity contribution is 5.94. The number of aliphatic hydroxyl groups is 1. The van der Waals surface area contributed by atoms with Gasteiger partial charge in [0.2, 0.25) is 0 Å². The molecule has 28 heavy (non-hydrogen) atoms. The van der Waals surface area contributed by atoms with Gasteiger partial charge in [0.05, 0.1) is 18.2 Å². The first-order valence-corrected chi connectivity index (χ1v) is 9.49. The first kappa shape index (κ1) is 18.5. The summed E-state index contributed by atoms with van der Waals surface area (Å²) >= 11 is 0. The lowest BCUT2D eigenvalue weighted by Crippen LogP contribution is -2.54. The minimum Gasteiger partial charge on any atom is -0.472 e. The van der Waals surface area contributed by atoms with Crippen molar-refractivity contribution in [3.63, 3.8) is 0 Å². The van der Waals surface area contributed by atoms with E-state index in [9.17, 15) is 9.90 Å². The Morgan fingerprint density at radius 1 is 1.21 bits per heavy atom. The van der Waals surface area contributed by atoms with Crippen LogP contribution < -0.4 is 0 Å². The molecule has 2 aromatic heterocycles. The highest BCUT2D eigenvalue weighted by Gasteiger charge is 2.29. The fraction of sp³-hybridized carbons (Fsp3) is 0.333. The third kappa shape index (κ3) is 4.00. The average molecular weight is 380 g/mol. The molecule has 0 spiro atoms. The van der Waals surface area contributed by atoms with Gasteiger partial charge in [-0.2, -0.15) is 5.10 Å². The van der Waals surface area contributed by atoms with Crippen molar-refractivity contribution >= 4 is 5.91 Å². The van der Waals surface area contributed by atoms with Crippen molar-refractivity contribution in [2.45, 2.75) is 19.0 Å². The second-order valence-electron chi connectivity index (χ2n) is 7.07. The lowest BCUT2D eigenvalue weighted by atomic mass is 10.0. The molecule has 0 bridgehead atoms. The lowest BCUT2D eigenvalue weighted by Gasteiger charge is -2.41. The molecule has 1 saturated heterocycles. The van der Waals surface area contributed by atoms with Crippen LogP contribution in [0.3, 0.4) is 0 Å². The Balaban J connectivity index is 1.43. The summed E-state index contributed by atoms with van der Waals surface area (Å²) in [5.74, 6) is 0.0297. The molecule has 7 heteroatoms. The first-order valence-electron chi connectivity index (χ1n) is 9.49. The van der Waals surface area contributed by atoms with Crippen LogP contribution in [0, 0.1) is 0 Å². The second-order valence-corrected chi connectivity index (χ2v) is 7.07. The van der Waals surface area contributed by atoms with Crippen LogP contribution in [0.1, 0.15) is 22.3 Å². The Labute approximate surface area is 163 Å². The predicted octanol–water partition coefficient (Wildman–Crippen LogP) is 2.38. The van der Waals surface area contributed by atoms with Crippen LogP contribution in [0.15, 0.2) is 59.5 Å². The summed E-state index contributed by atoms with van der Waals surface area (Å²) in [5.41, 5.74) is 3.71.